The minimum Gasteiger partial charge on any atom is -0.481 e. The van der Waals surface area contributed by atoms with Crippen molar-refractivity contribution in [2.75, 3.05) is 5.32 Å². The first-order chi connectivity index (χ1) is 9.79. The van der Waals surface area contributed by atoms with Crippen molar-refractivity contribution in [3.63, 3.8) is 0 Å². The number of carbonyl (C=O) groups is 2. The molecule has 0 bridgehead atoms. The fourth-order valence-electron chi connectivity index (χ4n) is 1.47. The average Bonchev–Trinajstić information content (AvgIpc) is 2.32. The molecule has 5 nitrogen and oxygen atoms in total. The molecular weight excluding hydrogens is 375 g/mol. The van der Waals surface area contributed by atoms with Gasteiger partial charge in [0.25, 0.3) is 0 Å². The van der Waals surface area contributed by atoms with E-state index >= 15 is 0 Å². The quantitative estimate of drug-likeness (QED) is 0.745. The summed E-state index contributed by atoms with van der Waals surface area (Å²) in [7, 11) is 0. The number of carboxylic acids is 1. The molecule has 0 atom stereocenters. The summed E-state index contributed by atoms with van der Waals surface area (Å²) in [5.41, 5.74) is -0.0185. The number of alkyl halides is 2. The van der Waals surface area contributed by atoms with Crippen molar-refractivity contribution in [1.29, 1.82) is 0 Å². The van der Waals surface area contributed by atoms with Crippen molar-refractivity contribution in [2.24, 2.45) is 0 Å². The maximum atomic E-state index is 12.4. The number of halogens is 4. The third-order valence-electron chi connectivity index (χ3n) is 2.28. The topological polar surface area (TPSA) is 75.6 Å². The minimum absolute atomic E-state index is 0.0185. The van der Waals surface area contributed by atoms with Gasteiger partial charge in [-0.05, 0) is 34.5 Å². The van der Waals surface area contributed by atoms with Gasteiger partial charge in [-0.15, -0.1) is 0 Å². The van der Waals surface area contributed by atoms with Gasteiger partial charge >= 0.3 is 12.6 Å². The lowest BCUT2D eigenvalue weighted by atomic mass is 10.2. The van der Waals surface area contributed by atoms with E-state index in [1.165, 1.54) is 12.1 Å². The van der Waals surface area contributed by atoms with Crippen LogP contribution in [0.3, 0.4) is 0 Å². The summed E-state index contributed by atoms with van der Waals surface area (Å²) in [6, 6.07) is 2.61. The van der Waals surface area contributed by atoms with Crippen LogP contribution in [0.5, 0.6) is 5.75 Å². The molecule has 2 N–H and O–H groups in total. The van der Waals surface area contributed by atoms with Crippen LogP contribution in [0.4, 0.5) is 14.5 Å². The summed E-state index contributed by atoms with van der Waals surface area (Å²) < 4.78 is 29.2. The van der Waals surface area contributed by atoms with Crippen LogP contribution in [-0.2, 0) is 9.59 Å². The zero-order chi connectivity index (χ0) is 16.0. The summed E-state index contributed by atoms with van der Waals surface area (Å²) in [6.07, 6.45) is -0.0917. The Kier molecular flexibility index (Phi) is 6.83. The van der Waals surface area contributed by atoms with Crippen molar-refractivity contribution >= 4 is 45.1 Å². The number of ether oxygens (including phenoxy) is 1. The molecule has 0 aliphatic rings. The predicted octanol–water partition coefficient (Wildman–Crippen LogP) is 3.90. The number of hydrogen-bond acceptors (Lipinski definition) is 3. The van der Waals surface area contributed by atoms with Crippen molar-refractivity contribution in [2.45, 2.75) is 25.9 Å². The number of carbonyl (C=O) groups excluding carboxylic acids is 1. The average molecular weight is 387 g/mol. The molecule has 116 valence electrons. The highest BCUT2D eigenvalue weighted by Crippen LogP contribution is 2.37. The van der Waals surface area contributed by atoms with E-state index in [0.29, 0.717) is 0 Å². The van der Waals surface area contributed by atoms with Crippen LogP contribution in [-0.4, -0.2) is 23.6 Å². The molecule has 1 amide bonds. The van der Waals surface area contributed by atoms with E-state index in [9.17, 15) is 18.4 Å². The minimum atomic E-state index is -3.06. The third-order valence-corrected chi connectivity index (χ3v) is 3.09. The van der Waals surface area contributed by atoms with E-state index in [0.717, 1.165) is 0 Å². The number of rotatable bonds is 7. The Bertz CT molecular complexity index is 542. The van der Waals surface area contributed by atoms with E-state index in [4.69, 9.17) is 16.7 Å². The number of hydrogen-bond donors (Lipinski definition) is 2. The van der Waals surface area contributed by atoms with Crippen LogP contribution in [0.1, 0.15) is 19.3 Å². The van der Waals surface area contributed by atoms with Crippen LogP contribution in [0.2, 0.25) is 5.02 Å². The molecule has 9 heteroatoms. The van der Waals surface area contributed by atoms with Crippen LogP contribution in [0.15, 0.2) is 16.6 Å². The lowest BCUT2D eigenvalue weighted by Crippen LogP contribution is -2.14. The van der Waals surface area contributed by atoms with Gasteiger partial charge in [-0.1, -0.05) is 11.6 Å². The summed E-state index contributed by atoms with van der Waals surface area (Å²) in [4.78, 5) is 22.0. The Morgan fingerprint density at radius 1 is 1.38 bits per heavy atom. The van der Waals surface area contributed by atoms with Gasteiger partial charge in [0.2, 0.25) is 5.91 Å². The lowest BCUT2D eigenvalue weighted by Gasteiger charge is -2.14. The van der Waals surface area contributed by atoms with Gasteiger partial charge in [-0.3, -0.25) is 9.59 Å². The Labute approximate surface area is 132 Å². The fraction of sp³-hybridized carbons (Fsp3) is 0.333. The molecule has 0 fully saturated rings. The first kappa shape index (κ1) is 17.6. The van der Waals surface area contributed by atoms with Gasteiger partial charge in [0.1, 0.15) is 0 Å². The molecule has 0 saturated carbocycles. The SMILES string of the molecule is O=C(O)CCCC(=O)Nc1cc(Cl)cc(Br)c1OC(F)F. The van der Waals surface area contributed by atoms with Crippen LogP contribution < -0.4 is 10.1 Å². The Balaban J connectivity index is 2.81. The van der Waals surface area contributed by atoms with Gasteiger partial charge < -0.3 is 15.2 Å². The van der Waals surface area contributed by atoms with Crippen molar-refractivity contribution in [3.05, 3.63) is 21.6 Å². The number of carboxylic acid groups (broad SMARTS) is 1. The van der Waals surface area contributed by atoms with Crippen LogP contribution >= 0.6 is 27.5 Å². The van der Waals surface area contributed by atoms with E-state index in [2.05, 4.69) is 26.0 Å². The molecular formula is C12H11BrClF2NO4. The lowest BCUT2D eigenvalue weighted by molar-refractivity contribution is -0.137. The second kappa shape index (κ2) is 8.14. The molecule has 0 saturated heterocycles. The summed E-state index contributed by atoms with van der Waals surface area (Å²) >= 11 is 8.80. The third kappa shape index (κ3) is 6.26. The second-order valence-electron chi connectivity index (χ2n) is 3.94. The molecule has 1 aromatic rings. The molecule has 0 aromatic heterocycles. The van der Waals surface area contributed by atoms with Crippen molar-refractivity contribution in [3.8, 4) is 5.75 Å². The van der Waals surface area contributed by atoms with Crippen LogP contribution in [0, 0.1) is 0 Å². The number of benzene rings is 1. The second-order valence-corrected chi connectivity index (χ2v) is 5.23. The van der Waals surface area contributed by atoms with Gasteiger partial charge in [0.05, 0.1) is 10.2 Å². The molecule has 1 aromatic carbocycles. The molecule has 21 heavy (non-hydrogen) atoms. The summed E-state index contributed by atoms with van der Waals surface area (Å²) in [5, 5.41) is 11.1. The zero-order valence-corrected chi connectivity index (χ0v) is 12.9. The highest BCUT2D eigenvalue weighted by molar-refractivity contribution is 9.10. The molecule has 0 unspecified atom stereocenters. The van der Waals surface area contributed by atoms with Crippen molar-refractivity contribution in [1.82, 2.24) is 0 Å². The zero-order valence-electron chi connectivity index (χ0n) is 10.5. The predicted molar refractivity (Wildman–Crippen MR) is 75.9 cm³/mol. The van der Waals surface area contributed by atoms with Gasteiger partial charge in [0, 0.05) is 17.9 Å². The van der Waals surface area contributed by atoms with Gasteiger partial charge in [-0.25, -0.2) is 0 Å². The fourth-order valence-corrected chi connectivity index (χ4v) is 2.38. The van der Waals surface area contributed by atoms with Crippen molar-refractivity contribution < 1.29 is 28.2 Å². The van der Waals surface area contributed by atoms with Crippen LogP contribution in [0.25, 0.3) is 0 Å². The largest absolute Gasteiger partial charge is 0.481 e. The Morgan fingerprint density at radius 3 is 2.62 bits per heavy atom. The first-order valence-electron chi connectivity index (χ1n) is 5.75. The normalized spacial score (nSPS) is 10.5. The molecule has 0 radical (unpaired) electrons. The molecule has 0 heterocycles. The highest BCUT2D eigenvalue weighted by Gasteiger charge is 2.16. The van der Waals surface area contributed by atoms with E-state index < -0.39 is 18.5 Å². The molecule has 0 aliphatic carbocycles. The number of amides is 1. The maximum absolute atomic E-state index is 12.4. The maximum Gasteiger partial charge on any atom is 0.387 e. The number of nitrogens with one attached hydrogen (secondary N) is 1. The Morgan fingerprint density at radius 2 is 2.05 bits per heavy atom. The van der Waals surface area contributed by atoms with Gasteiger partial charge in [-0.2, -0.15) is 8.78 Å². The Hall–Kier alpha value is -1.41. The smallest absolute Gasteiger partial charge is 0.387 e. The number of anilines is 1. The molecule has 0 aliphatic heterocycles. The van der Waals surface area contributed by atoms with Gasteiger partial charge in [0.15, 0.2) is 5.75 Å². The summed E-state index contributed by atoms with van der Waals surface area (Å²) in [5.74, 6) is -1.79. The summed E-state index contributed by atoms with van der Waals surface area (Å²) in [6.45, 7) is -3.06. The first-order valence-corrected chi connectivity index (χ1v) is 6.92. The molecule has 1 rings (SSSR count). The standard InChI is InChI=1S/C12H11BrClF2NO4/c13-7-4-6(14)5-8(11(7)21-12(15)16)17-9(18)2-1-3-10(19)20/h4-5,12H,1-3H2,(H,17,18)(H,19,20). The molecule has 0 spiro atoms. The number of aliphatic carboxylic acids is 1. The monoisotopic (exact) mass is 385 g/mol. The van der Waals surface area contributed by atoms with E-state index in [1.807, 2.05) is 0 Å². The highest BCUT2D eigenvalue weighted by atomic mass is 79.9. The van der Waals surface area contributed by atoms with E-state index in [-0.39, 0.29) is 40.2 Å². The van der Waals surface area contributed by atoms with E-state index in [1.54, 1.807) is 0 Å².